The van der Waals surface area contributed by atoms with Gasteiger partial charge in [-0.05, 0) is 54.2 Å². The van der Waals surface area contributed by atoms with Gasteiger partial charge in [-0.3, -0.25) is 4.79 Å². The summed E-state index contributed by atoms with van der Waals surface area (Å²) in [4.78, 5) is 18.5. The minimum Gasteiger partial charge on any atom is -0.350 e. The fourth-order valence-electron chi connectivity index (χ4n) is 2.62. The van der Waals surface area contributed by atoms with Crippen molar-refractivity contribution in [1.29, 1.82) is 0 Å². The van der Waals surface area contributed by atoms with Gasteiger partial charge in [-0.15, -0.1) is 0 Å². The Kier molecular flexibility index (Phi) is 5.57. The Hall–Kier alpha value is -2.51. The van der Waals surface area contributed by atoms with Gasteiger partial charge in [0.25, 0.3) is 5.91 Å². The van der Waals surface area contributed by atoms with E-state index in [-0.39, 0.29) is 11.9 Å². The Labute approximate surface area is 151 Å². The van der Waals surface area contributed by atoms with Crippen LogP contribution in [0, 0.1) is 0 Å². The molecule has 3 rings (SSSR count). The molecular formula is C18H21N5OS. The zero-order valence-corrected chi connectivity index (χ0v) is 15.1. The van der Waals surface area contributed by atoms with E-state index in [0.29, 0.717) is 18.7 Å². The molecule has 0 spiro atoms. The van der Waals surface area contributed by atoms with Crippen molar-refractivity contribution < 1.29 is 4.79 Å². The number of benzene rings is 1. The van der Waals surface area contributed by atoms with Crippen molar-refractivity contribution in [1.82, 2.24) is 25.0 Å². The second kappa shape index (κ2) is 8.04. The standard InChI is InChI=1S/C18H21N5OS/c1-22(2)17(16-7-8-25-11-16)9-20-18(24)15-5-3-14(4-6-15)10-23-13-19-12-21-23/h3-8,11-13,17H,9-10H2,1-2H3,(H,20,24)/t17-/m0/s1. The van der Waals surface area contributed by atoms with E-state index in [9.17, 15) is 4.79 Å². The molecule has 7 heteroatoms. The van der Waals surface area contributed by atoms with Crippen molar-refractivity contribution in [3.63, 3.8) is 0 Å². The van der Waals surface area contributed by atoms with Crippen LogP contribution in [-0.2, 0) is 6.54 Å². The van der Waals surface area contributed by atoms with Crippen LogP contribution in [0.15, 0.2) is 53.7 Å². The predicted octanol–water partition coefficient (Wildman–Crippen LogP) is 2.42. The minimum atomic E-state index is -0.0608. The lowest BCUT2D eigenvalue weighted by atomic mass is 10.1. The lowest BCUT2D eigenvalue weighted by Crippen LogP contribution is -2.34. The van der Waals surface area contributed by atoms with Crippen molar-refractivity contribution >= 4 is 17.2 Å². The third-order valence-electron chi connectivity index (χ3n) is 4.03. The molecule has 1 atom stereocenters. The van der Waals surface area contributed by atoms with Crippen LogP contribution in [0.3, 0.4) is 0 Å². The minimum absolute atomic E-state index is 0.0608. The summed E-state index contributed by atoms with van der Waals surface area (Å²) in [7, 11) is 4.04. The molecule has 2 aromatic heterocycles. The summed E-state index contributed by atoms with van der Waals surface area (Å²) in [6, 6.07) is 9.84. The number of nitrogens with zero attached hydrogens (tertiary/aromatic N) is 4. The molecule has 0 fully saturated rings. The molecule has 0 aliphatic carbocycles. The van der Waals surface area contributed by atoms with Crippen LogP contribution in [-0.4, -0.2) is 46.2 Å². The van der Waals surface area contributed by atoms with Gasteiger partial charge in [0, 0.05) is 12.1 Å². The summed E-state index contributed by atoms with van der Waals surface area (Å²) in [6.07, 6.45) is 3.18. The first-order valence-electron chi connectivity index (χ1n) is 8.01. The molecule has 0 radical (unpaired) electrons. The quantitative estimate of drug-likeness (QED) is 0.707. The molecule has 0 saturated carbocycles. The first kappa shape index (κ1) is 17.3. The fourth-order valence-corrected chi connectivity index (χ4v) is 3.32. The smallest absolute Gasteiger partial charge is 0.251 e. The molecule has 6 nitrogen and oxygen atoms in total. The largest absolute Gasteiger partial charge is 0.350 e. The number of hydrogen-bond donors (Lipinski definition) is 1. The number of nitrogens with one attached hydrogen (secondary N) is 1. The third-order valence-corrected chi connectivity index (χ3v) is 4.74. The SMILES string of the molecule is CN(C)[C@@H](CNC(=O)c1ccc(Cn2cncn2)cc1)c1ccsc1. The number of carbonyl (C=O) groups excluding carboxylic acids is 1. The van der Waals surface area contributed by atoms with E-state index in [4.69, 9.17) is 0 Å². The number of thiophene rings is 1. The van der Waals surface area contributed by atoms with Crippen LogP contribution in [0.2, 0.25) is 0 Å². The van der Waals surface area contributed by atoms with E-state index in [0.717, 1.165) is 5.56 Å². The molecule has 25 heavy (non-hydrogen) atoms. The molecule has 0 aliphatic heterocycles. The molecule has 1 amide bonds. The van der Waals surface area contributed by atoms with E-state index in [1.807, 2.05) is 38.4 Å². The van der Waals surface area contributed by atoms with E-state index >= 15 is 0 Å². The van der Waals surface area contributed by atoms with Crippen molar-refractivity contribution in [2.24, 2.45) is 0 Å². The Balaban J connectivity index is 1.59. The van der Waals surface area contributed by atoms with Gasteiger partial charge in [0.2, 0.25) is 0 Å². The van der Waals surface area contributed by atoms with Crippen molar-refractivity contribution in [3.05, 3.63) is 70.4 Å². The summed E-state index contributed by atoms with van der Waals surface area (Å²) in [5, 5.41) is 11.3. The van der Waals surface area contributed by atoms with Crippen LogP contribution in [0.1, 0.15) is 27.5 Å². The van der Waals surface area contributed by atoms with Gasteiger partial charge in [-0.25, -0.2) is 9.67 Å². The van der Waals surface area contributed by atoms with Gasteiger partial charge in [0.05, 0.1) is 12.6 Å². The number of rotatable bonds is 7. The molecular weight excluding hydrogens is 334 g/mol. The van der Waals surface area contributed by atoms with Crippen LogP contribution < -0.4 is 5.32 Å². The first-order valence-corrected chi connectivity index (χ1v) is 8.96. The Morgan fingerprint density at radius 3 is 2.68 bits per heavy atom. The molecule has 2 heterocycles. The lowest BCUT2D eigenvalue weighted by Gasteiger charge is -2.24. The number of carbonyl (C=O) groups is 1. The number of hydrogen-bond acceptors (Lipinski definition) is 5. The summed E-state index contributed by atoms with van der Waals surface area (Å²) < 4.78 is 1.75. The first-order chi connectivity index (χ1) is 12.1. The predicted molar refractivity (Wildman–Crippen MR) is 98.6 cm³/mol. The molecule has 0 saturated heterocycles. The van der Waals surface area contributed by atoms with Gasteiger partial charge in [0.15, 0.2) is 0 Å². The average molecular weight is 355 g/mol. The Bertz CT molecular complexity index is 782. The fraction of sp³-hybridized carbons (Fsp3) is 0.278. The van der Waals surface area contributed by atoms with Gasteiger partial charge < -0.3 is 10.2 Å². The summed E-state index contributed by atoms with van der Waals surface area (Å²) in [5.74, 6) is -0.0608. The average Bonchev–Trinajstić information content (AvgIpc) is 3.29. The normalized spacial score (nSPS) is 12.3. The summed E-state index contributed by atoms with van der Waals surface area (Å²) in [6.45, 7) is 1.21. The molecule has 0 aliphatic rings. The molecule has 130 valence electrons. The Morgan fingerprint density at radius 1 is 1.28 bits per heavy atom. The highest BCUT2D eigenvalue weighted by atomic mass is 32.1. The topological polar surface area (TPSA) is 63.1 Å². The zero-order valence-electron chi connectivity index (χ0n) is 14.3. The van der Waals surface area contributed by atoms with Crippen LogP contribution in [0.5, 0.6) is 0 Å². The maximum atomic E-state index is 12.4. The van der Waals surface area contributed by atoms with Crippen LogP contribution in [0.4, 0.5) is 0 Å². The summed E-state index contributed by atoms with van der Waals surface area (Å²) in [5.41, 5.74) is 2.95. The Morgan fingerprint density at radius 2 is 2.08 bits per heavy atom. The molecule has 0 bridgehead atoms. The van der Waals surface area contributed by atoms with E-state index in [1.54, 1.807) is 22.3 Å². The van der Waals surface area contributed by atoms with Gasteiger partial charge >= 0.3 is 0 Å². The van der Waals surface area contributed by atoms with Gasteiger partial charge in [-0.2, -0.15) is 16.4 Å². The maximum Gasteiger partial charge on any atom is 0.251 e. The zero-order chi connectivity index (χ0) is 17.6. The highest BCUT2D eigenvalue weighted by molar-refractivity contribution is 7.07. The second-order valence-corrected chi connectivity index (χ2v) is 6.82. The highest BCUT2D eigenvalue weighted by Gasteiger charge is 2.16. The number of amides is 1. The second-order valence-electron chi connectivity index (χ2n) is 6.04. The van der Waals surface area contributed by atoms with E-state index in [1.165, 1.54) is 11.9 Å². The van der Waals surface area contributed by atoms with E-state index < -0.39 is 0 Å². The van der Waals surface area contributed by atoms with Crippen molar-refractivity contribution in [2.75, 3.05) is 20.6 Å². The monoisotopic (exact) mass is 355 g/mol. The lowest BCUT2D eigenvalue weighted by molar-refractivity contribution is 0.0942. The number of aromatic nitrogens is 3. The van der Waals surface area contributed by atoms with Crippen molar-refractivity contribution in [2.45, 2.75) is 12.6 Å². The van der Waals surface area contributed by atoms with Crippen LogP contribution >= 0.6 is 11.3 Å². The molecule has 1 N–H and O–H groups in total. The number of likely N-dealkylation sites (N-methyl/N-ethyl adjacent to an activating group) is 1. The highest BCUT2D eigenvalue weighted by Crippen LogP contribution is 2.20. The van der Waals surface area contributed by atoms with E-state index in [2.05, 4.69) is 37.1 Å². The van der Waals surface area contributed by atoms with Gasteiger partial charge in [-0.1, -0.05) is 12.1 Å². The molecule has 3 aromatic rings. The van der Waals surface area contributed by atoms with Crippen LogP contribution in [0.25, 0.3) is 0 Å². The third kappa shape index (κ3) is 4.52. The van der Waals surface area contributed by atoms with Crippen molar-refractivity contribution in [3.8, 4) is 0 Å². The van der Waals surface area contributed by atoms with Gasteiger partial charge in [0.1, 0.15) is 12.7 Å². The maximum absolute atomic E-state index is 12.4. The molecule has 0 unspecified atom stereocenters. The molecule has 1 aromatic carbocycles. The summed E-state index contributed by atoms with van der Waals surface area (Å²) >= 11 is 1.67.